The molecule has 0 aliphatic carbocycles. The molecule has 1 rings (SSSR count). The fraction of sp³-hybridized carbons (Fsp3) is 0.600. The lowest BCUT2D eigenvalue weighted by atomic mass is 10.1. The molecular weight excluding hydrogens is 287 g/mol. The molecule has 0 aliphatic rings. The molecule has 1 unspecified atom stereocenters. The molecule has 114 valence electrons. The SMILES string of the molecule is C[C@@H](O[Si](C)(C)C)C(O[Si](C)(C)C)c1ccccc1F. The molecule has 0 radical (unpaired) electrons. The molecule has 0 fully saturated rings. The van der Waals surface area contributed by atoms with E-state index >= 15 is 0 Å². The monoisotopic (exact) mass is 314 g/mol. The molecule has 2 nitrogen and oxygen atoms in total. The van der Waals surface area contributed by atoms with Crippen LogP contribution in [0.2, 0.25) is 39.3 Å². The molecular formula is C15H27FO2Si2. The highest BCUT2D eigenvalue weighted by molar-refractivity contribution is 6.70. The van der Waals surface area contributed by atoms with E-state index in [9.17, 15) is 4.39 Å². The molecule has 0 saturated heterocycles. The Hall–Kier alpha value is -0.496. The van der Waals surface area contributed by atoms with Crippen molar-refractivity contribution in [3.05, 3.63) is 35.6 Å². The van der Waals surface area contributed by atoms with Crippen LogP contribution in [0.4, 0.5) is 4.39 Å². The molecule has 0 N–H and O–H groups in total. The van der Waals surface area contributed by atoms with Crippen LogP contribution in [0.5, 0.6) is 0 Å². The summed E-state index contributed by atoms with van der Waals surface area (Å²) < 4.78 is 26.4. The first-order valence-corrected chi connectivity index (χ1v) is 13.9. The molecule has 1 aromatic rings. The van der Waals surface area contributed by atoms with Crippen LogP contribution in [-0.4, -0.2) is 22.7 Å². The van der Waals surface area contributed by atoms with Gasteiger partial charge in [-0.2, -0.15) is 0 Å². The van der Waals surface area contributed by atoms with Gasteiger partial charge in [0.1, 0.15) is 5.82 Å². The van der Waals surface area contributed by atoms with Crippen LogP contribution >= 0.6 is 0 Å². The maximum Gasteiger partial charge on any atom is 0.184 e. The quantitative estimate of drug-likeness (QED) is 0.691. The fourth-order valence-electron chi connectivity index (χ4n) is 2.12. The van der Waals surface area contributed by atoms with Gasteiger partial charge in [-0.1, -0.05) is 18.2 Å². The van der Waals surface area contributed by atoms with Gasteiger partial charge in [0.25, 0.3) is 0 Å². The van der Waals surface area contributed by atoms with Crippen LogP contribution in [0.1, 0.15) is 18.6 Å². The van der Waals surface area contributed by atoms with Crippen molar-refractivity contribution in [1.29, 1.82) is 0 Å². The van der Waals surface area contributed by atoms with Crippen molar-refractivity contribution >= 4 is 16.6 Å². The van der Waals surface area contributed by atoms with Crippen LogP contribution in [0.25, 0.3) is 0 Å². The second-order valence-corrected chi connectivity index (χ2v) is 16.0. The Bertz CT molecular complexity index is 438. The molecule has 0 heterocycles. The molecule has 0 spiro atoms. The first-order valence-electron chi connectivity index (χ1n) is 7.10. The maximum absolute atomic E-state index is 14.1. The summed E-state index contributed by atoms with van der Waals surface area (Å²) in [7, 11) is -3.49. The van der Waals surface area contributed by atoms with Crippen molar-refractivity contribution < 1.29 is 13.2 Å². The Labute approximate surface area is 124 Å². The van der Waals surface area contributed by atoms with Crippen LogP contribution in [-0.2, 0) is 8.85 Å². The van der Waals surface area contributed by atoms with E-state index in [1.54, 1.807) is 12.1 Å². The summed E-state index contributed by atoms with van der Waals surface area (Å²) in [6, 6.07) is 6.83. The van der Waals surface area contributed by atoms with E-state index in [1.807, 2.05) is 13.0 Å². The van der Waals surface area contributed by atoms with E-state index in [2.05, 4.69) is 39.3 Å². The summed E-state index contributed by atoms with van der Waals surface area (Å²) in [6.45, 7) is 14.7. The summed E-state index contributed by atoms with van der Waals surface area (Å²) in [5.41, 5.74) is 0.598. The Kier molecular flexibility index (Phi) is 5.72. The average Bonchev–Trinajstić information content (AvgIpc) is 2.23. The van der Waals surface area contributed by atoms with E-state index in [1.165, 1.54) is 6.07 Å². The second-order valence-electron chi connectivity index (χ2n) is 7.11. The van der Waals surface area contributed by atoms with Crippen LogP contribution in [0.15, 0.2) is 24.3 Å². The van der Waals surface area contributed by atoms with Crippen molar-refractivity contribution in [3.8, 4) is 0 Å². The first kappa shape index (κ1) is 17.6. The molecule has 2 atom stereocenters. The predicted molar refractivity (Wildman–Crippen MR) is 87.5 cm³/mol. The molecule has 0 aromatic heterocycles. The van der Waals surface area contributed by atoms with Crippen LogP contribution in [0, 0.1) is 5.82 Å². The Balaban J connectivity index is 3.06. The number of halogens is 1. The standard InChI is InChI=1S/C15H27FO2Si2/c1-12(17-19(2,3)4)15(18-20(5,6)7)13-10-8-9-11-14(13)16/h8-12,15H,1-7H3/t12-,15?/m1/s1. The first-order chi connectivity index (χ1) is 8.99. The van der Waals surface area contributed by atoms with Gasteiger partial charge in [0.15, 0.2) is 16.6 Å². The average molecular weight is 315 g/mol. The molecule has 0 amide bonds. The van der Waals surface area contributed by atoms with Gasteiger partial charge in [-0.25, -0.2) is 4.39 Å². The van der Waals surface area contributed by atoms with Crippen LogP contribution in [0.3, 0.4) is 0 Å². The molecule has 0 bridgehead atoms. The Morgan fingerprint density at radius 2 is 1.40 bits per heavy atom. The van der Waals surface area contributed by atoms with Crippen molar-refractivity contribution in [2.75, 3.05) is 0 Å². The summed E-state index contributed by atoms with van der Waals surface area (Å²) in [4.78, 5) is 0. The van der Waals surface area contributed by atoms with E-state index in [0.29, 0.717) is 5.56 Å². The van der Waals surface area contributed by atoms with E-state index in [4.69, 9.17) is 8.85 Å². The molecule has 0 aliphatic heterocycles. The second kappa shape index (κ2) is 6.51. The van der Waals surface area contributed by atoms with Crippen molar-refractivity contribution in [3.63, 3.8) is 0 Å². The van der Waals surface area contributed by atoms with Gasteiger partial charge in [0.05, 0.1) is 12.2 Å². The largest absolute Gasteiger partial charge is 0.412 e. The van der Waals surface area contributed by atoms with Crippen molar-refractivity contribution in [2.24, 2.45) is 0 Å². The van der Waals surface area contributed by atoms with E-state index in [0.717, 1.165) is 0 Å². The fourth-order valence-corrected chi connectivity index (χ4v) is 4.44. The lowest BCUT2D eigenvalue weighted by Gasteiger charge is -2.34. The van der Waals surface area contributed by atoms with Gasteiger partial charge < -0.3 is 8.85 Å². The van der Waals surface area contributed by atoms with Gasteiger partial charge in [-0.15, -0.1) is 0 Å². The Morgan fingerprint density at radius 1 is 0.900 bits per heavy atom. The third-order valence-electron chi connectivity index (χ3n) is 2.66. The highest BCUT2D eigenvalue weighted by Crippen LogP contribution is 2.30. The van der Waals surface area contributed by atoms with Gasteiger partial charge >= 0.3 is 0 Å². The number of benzene rings is 1. The van der Waals surface area contributed by atoms with Crippen LogP contribution < -0.4 is 0 Å². The highest BCUT2D eigenvalue weighted by Gasteiger charge is 2.31. The van der Waals surface area contributed by atoms with E-state index in [-0.39, 0.29) is 18.0 Å². The van der Waals surface area contributed by atoms with Crippen molar-refractivity contribution in [2.45, 2.75) is 58.4 Å². The topological polar surface area (TPSA) is 18.5 Å². The van der Waals surface area contributed by atoms with Crippen molar-refractivity contribution in [1.82, 2.24) is 0 Å². The van der Waals surface area contributed by atoms with Gasteiger partial charge in [0, 0.05) is 5.56 Å². The summed E-state index contributed by atoms with van der Waals surface area (Å²) >= 11 is 0. The highest BCUT2D eigenvalue weighted by atomic mass is 28.4. The Morgan fingerprint density at radius 3 is 1.85 bits per heavy atom. The molecule has 5 heteroatoms. The molecule has 1 aromatic carbocycles. The minimum absolute atomic E-state index is 0.148. The lowest BCUT2D eigenvalue weighted by molar-refractivity contribution is 0.0526. The van der Waals surface area contributed by atoms with Gasteiger partial charge in [0.2, 0.25) is 0 Å². The lowest BCUT2D eigenvalue weighted by Crippen LogP contribution is -2.39. The summed E-state index contributed by atoms with van der Waals surface area (Å²) in [5, 5.41) is 0. The smallest absolute Gasteiger partial charge is 0.184 e. The minimum Gasteiger partial charge on any atom is -0.412 e. The third-order valence-corrected chi connectivity index (χ3v) is 4.70. The zero-order valence-corrected chi connectivity index (χ0v) is 15.7. The summed E-state index contributed by atoms with van der Waals surface area (Å²) in [6.07, 6.45) is -0.486. The zero-order chi connectivity index (χ0) is 15.6. The van der Waals surface area contributed by atoms with Gasteiger partial charge in [-0.05, 0) is 52.3 Å². The number of rotatable bonds is 6. The number of hydrogen-bond acceptors (Lipinski definition) is 2. The van der Waals surface area contributed by atoms with Gasteiger partial charge in [-0.3, -0.25) is 0 Å². The normalized spacial score (nSPS) is 16.0. The zero-order valence-electron chi connectivity index (χ0n) is 13.7. The summed E-state index contributed by atoms with van der Waals surface area (Å²) in [5.74, 6) is -0.221. The minimum atomic E-state index is -1.80. The number of hydrogen-bond donors (Lipinski definition) is 0. The third kappa shape index (κ3) is 5.87. The predicted octanol–water partition coefficient (Wildman–Crippen LogP) is 4.96. The maximum atomic E-state index is 14.1. The van der Waals surface area contributed by atoms with E-state index < -0.39 is 16.6 Å². The molecule has 20 heavy (non-hydrogen) atoms. The molecule has 0 saturated carbocycles.